The van der Waals surface area contributed by atoms with E-state index in [-0.39, 0.29) is 0 Å². The highest BCUT2D eigenvalue weighted by atomic mass is 16.5. The molecule has 100 valence electrons. The van der Waals surface area contributed by atoms with E-state index in [1.54, 1.807) is 0 Å². The summed E-state index contributed by atoms with van der Waals surface area (Å²) in [7, 11) is 0. The van der Waals surface area contributed by atoms with Gasteiger partial charge in [0.2, 0.25) is 0 Å². The Morgan fingerprint density at radius 3 is 2.67 bits per heavy atom. The summed E-state index contributed by atoms with van der Waals surface area (Å²) in [5.41, 5.74) is 1.44. The van der Waals surface area contributed by atoms with Crippen LogP contribution in [0.2, 0.25) is 0 Å². The number of benzene rings is 1. The van der Waals surface area contributed by atoms with Crippen LogP contribution >= 0.6 is 0 Å². The van der Waals surface area contributed by atoms with Crippen molar-refractivity contribution < 1.29 is 4.74 Å². The van der Waals surface area contributed by atoms with Crippen molar-refractivity contribution in [3.8, 4) is 0 Å². The van der Waals surface area contributed by atoms with Gasteiger partial charge in [-0.1, -0.05) is 44.2 Å². The van der Waals surface area contributed by atoms with Crippen LogP contribution in [0.5, 0.6) is 0 Å². The Morgan fingerprint density at radius 1 is 1.28 bits per heavy atom. The lowest BCUT2D eigenvalue weighted by Crippen LogP contribution is -2.39. The molecule has 0 bridgehead atoms. The van der Waals surface area contributed by atoms with Gasteiger partial charge in [-0.3, -0.25) is 0 Å². The molecule has 1 saturated heterocycles. The zero-order chi connectivity index (χ0) is 12.8. The van der Waals surface area contributed by atoms with Crippen molar-refractivity contribution in [3.63, 3.8) is 0 Å². The molecule has 0 amide bonds. The minimum absolute atomic E-state index is 0.545. The van der Waals surface area contributed by atoms with E-state index in [0.29, 0.717) is 17.9 Å². The molecule has 2 rings (SSSR count). The van der Waals surface area contributed by atoms with Gasteiger partial charge in [0.25, 0.3) is 0 Å². The maximum atomic E-state index is 5.52. The fourth-order valence-electron chi connectivity index (χ4n) is 2.63. The van der Waals surface area contributed by atoms with Gasteiger partial charge in [-0.15, -0.1) is 0 Å². The summed E-state index contributed by atoms with van der Waals surface area (Å²) in [6.07, 6.45) is 2.44. The molecule has 0 aromatic heterocycles. The molecule has 1 aromatic carbocycles. The molecule has 1 fully saturated rings. The lowest BCUT2D eigenvalue weighted by atomic mass is 9.88. The van der Waals surface area contributed by atoms with E-state index in [0.717, 1.165) is 19.8 Å². The van der Waals surface area contributed by atoms with Crippen LogP contribution in [-0.4, -0.2) is 25.8 Å². The van der Waals surface area contributed by atoms with E-state index in [1.165, 1.54) is 18.4 Å². The Balaban J connectivity index is 1.90. The largest absolute Gasteiger partial charge is 0.380 e. The van der Waals surface area contributed by atoms with E-state index in [4.69, 9.17) is 4.74 Å². The zero-order valence-electron chi connectivity index (χ0n) is 11.6. The smallest absolute Gasteiger partial charge is 0.0619 e. The van der Waals surface area contributed by atoms with Crippen molar-refractivity contribution >= 4 is 0 Å². The Hall–Kier alpha value is -0.860. The molecule has 2 heteroatoms. The number of rotatable bonds is 5. The summed E-state index contributed by atoms with van der Waals surface area (Å²) < 4.78 is 5.52. The summed E-state index contributed by atoms with van der Waals surface area (Å²) in [6.45, 7) is 7.47. The van der Waals surface area contributed by atoms with Crippen LogP contribution in [0.25, 0.3) is 0 Å². The molecule has 2 atom stereocenters. The Bertz CT molecular complexity index is 330. The second-order valence-corrected chi connectivity index (χ2v) is 5.58. The molecular formula is C16H25NO. The van der Waals surface area contributed by atoms with Crippen LogP contribution in [0.4, 0.5) is 0 Å². The topological polar surface area (TPSA) is 21.3 Å². The third-order valence-corrected chi connectivity index (χ3v) is 3.82. The van der Waals surface area contributed by atoms with E-state index < -0.39 is 0 Å². The molecule has 0 aliphatic carbocycles. The predicted molar refractivity (Wildman–Crippen MR) is 75.9 cm³/mol. The average Bonchev–Trinajstić information content (AvgIpc) is 2.41. The minimum Gasteiger partial charge on any atom is -0.380 e. The van der Waals surface area contributed by atoms with Crippen LogP contribution in [-0.2, 0) is 4.74 Å². The van der Waals surface area contributed by atoms with Crippen molar-refractivity contribution in [1.82, 2.24) is 5.32 Å². The van der Waals surface area contributed by atoms with Crippen molar-refractivity contribution in [2.45, 2.75) is 38.6 Å². The molecular weight excluding hydrogens is 222 g/mol. The van der Waals surface area contributed by atoms with E-state index in [9.17, 15) is 0 Å². The Kier molecular flexibility index (Phi) is 5.21. The first-order valence-electron chi connectivity index (χ1n) is 7.13. The third-order valence-electron chi connectivity index (χ3n) is 3.82. The number of ether oxygens (including phenoxy) is 1. The number of hydrogen-bond acceptors (Lipinski definition) is 2. The third kappa shape index (κ3) is 3.82. The van der Waals surface area contributed by atoms with Gasteiger partial charge in [-0.25, -0.2) is 0 Å². The summed E-state index contributed by atoms with van der Waals surface area (Å²) in [6, 6.07) is 11.4. The first-order chi connectivity index (χ1) is 8.77. The van der Waals surface area contributed by atoms with Gasteiger partial charge in [-0.2, -0.15) is 0 Å². The summed E-state index contributed by atoms with van der Waals surface area (Å²) in [5, 5.41) is 3.68. The van der Waals surface area contributed by atoms with E-state index >= 15 is 0 Å². The second-order valence-electron chi connectivity index (χ2n) is 5.58. The SMILES string of the molecule is CC(C)C(CNC1CCCOC1)c1ccccc1. The highest BCUT2D eigenvalue weighted by Gasteiger charge is 2.19. The molecule has 1 heterocycles. The molecule has 0 spiro atoms. The lowest BCUT2D eigenvalue weighted by molar-refractivity contribution is 0.0695. The normalized spacial score (nSPS) is 22.1. The maximum absolute atomic E-state index is 5.52. The van der Waals surface area contributed by atoms with Gasteiger partial charge in [0, 0.05) is 19.2 Å². The standard InChI is InChI=1S/C16H25NO/c1-13(2)16(14-7-4-3-5-8-14)11-17-15-9-6-10-18-12-15/h3-5,7-8,13,15-17H,6,9-12H2,1-2H3. The number of hydrogen-bond donors (Lipinski definition) is 1. The monoisotopic (exact) mass is 247 g/mol. The Morgan fingerprint density at radius 2 is 2.06 bits per heavy atom. The minimum atomic E-state index is 0.545. The van der Waals surface area contributed by atoms with Crippen LogP contribution < -0.4 is 5.32 Å². The molecule has 1 N–H and O–H groups in total. The van der Waals surface area contributed by atoms with Crippen LogP contribution in [0.15, 0.2) is 30.3 Å². The average molecular weight is 247 g/mol. The quantitative estimate of drug-likeness (QED) is 0.862. The van der Waals surface area contributed by atoms with Crippen molar-refractivity contribution in [1.29, 1.82) is 0 Å². The van der Waals surface area contributed by atoms with Crippen molar-refractivity contribution in [3.05, 3.63) is 35.9 Å². The van der Waals surface area contributed by atoms with Crippen LogP contribution in [0.1, 0.15) is 38.2 Å². The first kappa shape index (κ1) is 13.6. The van der Waals surface area contributed by atoms with Crippen molar-refractivity contribution in [2.75, 3.05) is 19.8 Å². The fourth-order valence-corrected chi connectivity index (χ4v) is 2.63. The molecule has 1 aromatic rings. The summed E-state index contributed by atoms with van der Waals surface area (Å²) >= 11 is 0. The van der Waals surface area contributed by atoms with Gasteiger partial charge in [0.15, 0.2) is 0 Å². The van der Waals surface area contributed by atoms with Gasteiger partial charge in [-0.05, 0) is 30.2 Å². The molecule has 1 aliphatic rings. The predicted octanol–water partition coefficient (Wildman–Crippen LogP) is 3.19. The van der Waals surface area contributed by atoms with E-state index in [1.807, 2.05) is 0 Å². The molecule has 2 nitrogen and oxygen atoms in total. The molecule has 0 radical (unpaired) electrons. The highest BCUT2D eigenvalue weighted by molar-refractivity contribution is 5.20. The second kappa shape index (κ2) is 6.91. The van der Waals surface area contributed by atoms with E-state index in [2.05, 4.69) is 49.5 Å². The van der Waals surface area contributed by atoms with Gasteiger partial charge >= 0.3 is 0 Å². The van der Waals surface area contributed by atoms with Gasteiger partial charge in [0.1, 0.15) is 0 Å². The number of nitrogens with one attached hydrogen (secondary N) is 1. The first-order valence-corrected chi connectivity index (χ1v) is 7.13. The summed E-state index contributed by atoms with van der Waals surface area (Å²) in [4.78, 5) is 0. The van der Waals surface area contributed by atoms with Gasteiger partial charge in [0.05, 0.1) is 6.61 Å². The van der Waals surface area contributed by atoms with Crippen LogP contribution in [0.3, 0.4) is 0 Å². The van der Waals surface area contributed by atoms with Crippen molar-refractivity contribution in [2.24, 2.45) is 5.92 Å². The molecule has 0 saturated carbocycles. The van der Waals surface area contributed by atoms with Crippen LogP contribution in [0, 0.1) is 5.92 Å². The molecule has 1 aliphatic heterocycles. The molecule has 2 unspecified atom stereocenters. The molecule has 18 heavy (non-hydrogen) atoms. The fraction of sp³-hybridized carbons (Fsp3) is 0.625. The maximum Gasteiger partial charge on any atom is 0.0619 e. The Labute approximate surface area is 111 Å². The van der Waals surface area contributed by atoms with Gasteiger partial charge < -0.3 is 10.1 Å². The lowest BCUT2D eigenvalue weighted by Gasteiger charge is -2.28. The zero-order valence-corrected chi connectivity index (χ0v) is 11.6. The summed E-state index contributed by atoms with van der Waals surface area (Å²) in [5.74, 6) is 1.25. The highest BCUT2D eigenvalue weighted by Crippen LogP contribution is 2.23.